The maximum absolute atomic E-state index is 12.5. The van der Waals surface area contributed by atoms with Crippen molar-refractivity contribution >= 4 is 17.7 Å². The second kappa shape index (κ2) is 3.67. The molecule has 2 unspecified atom stereocenters. The number of nitrogens with one attached hydrogen (secondary N) is 1. The predicted molar refractivity (Wildman–Crippen MR) is 75.7 cm³/mol. The van der Waals surface area contributed by atoms with E-state index in [2.05, 4.69) is 6.58 Å². The number of nitrogens with zero attached hydrogens (tertiary/aromatic N) is 1. The summed E-state index contributed by atoms with van der Waals surface area (Å²) in [6.45, 7) is 7.63. The molecular weight excluding hydrogens is 236 g/mol. The monoisotopic (exact) mass is 252 g/mol. The SMILES string of the molecule is C=C(C)C1C(=N)C2(C)c3ccccc3C=CN2C1=O. The zero-order valence-electron chi connectivity index (χ0n) is 11.1. The second-order valence-electron chi connectivity index (χ2n) is 5.38. The molecule has 0 aromatic heterocycles. The van der Waals surface area contributed by atoms with E-state index in [0.29, 0.717) is 5.71 Å². The van der Waals surface area contributed by atoms with Gasteiger partial charge in [-0.2, -0.15) is 0 Å². The van der Waals surface area contributed by atoms with Gasteiger partial charge < -0.3 is 10.3 Å². The molecule has 2 aliphatic rings. The zero-order valence-corrected chi connectivity index (χ0v) is 11.1. The Balaban J connectivity index is 2.24. The highest BCUT2D eigenvalue weighted by molar-refractivity contribution is 6.17. The van der Waals surface area contributed by atoms with Gasteiger partial charge in [0.1, 0.15) is 5.54 Å². The predicted octanol–water partition coefficient (Wildman–Crippen LogP) is 2.94. The lowest BCUT2D eigenvalue weighted by Gasteiger charge is -2.37. The minimum atomic E-state index is -0.675. The molecule has 1 aromatic carbocycles. The highest BCUT2D eigenvalue weighted by atomic mass is 16.2. The lowest BCUT2D eigenvalue weighted by Crippen LogP contribution is -2.43. The number of carbonyl (C=O) groups excluding carboxylic acids is 1. The number of fused-ring (bicyclic) bond motifs is 3. The highest BCUT2D eigenvalue weighted by Crippen LogP contribution is 2.45. The Kier molecular flexibility index (Phi) is 2.30. The van der Waals surface area contributed by atoms with Crippen molar-refractivity contribution in [2.75, 3.05) is 0 Å². The first-order chi connectivity index (χ1) is 8.98. The molecule has 0 radical (unpaired) electrons. The van der Waals surface area contributed by atoms with Gasteiger partial charge in [-0.3, -0.25) is 4.79 Å². The summed E-state index contributed by atoms with van der Waals surface area (Å²) in [7, 11) is 0. The van der Waals surface area contributed by atoms with Crippen LogP contribution in [0, 0.1) is 11.3 Å². The van der Waals surface area contributed by atoms with Crippen LogP contribution in [-0.4, -0.2) is 16.5 Å². The summed E-state index contributed by atoms with van der Waals surface area (Å²) < 4.78 is 0. The molecule has 0 spiro atoms. The van der Waals surface area contributed by atoms with Crippen molar-refractivity contribution in [3.8, 4) is 0 Å². The van der Waals surface area contributed by atoms with E-state index in [0.717, 1.165) is 16.7 Å². The van der Waals surface area contributed by atoms with Gasteiger partial charge in [-0.1, -0.05) is 36.4 Å². The molecule has 0 saturated carbocycles. The van der Waals surface area contributed by atoms with Crippen LogP contribution in [0.5, 0.6) is 0 Å². The third-order valence-electron chi connectivity index (χ3n) is 4.16. The summed E-state index contributed by atoms with van der Waals surface area (Å²) in [5.41, 5.74) is 2.56. The molecule has 2 aliphatic heterocycles. The van der Waals surface area contributed by atoms with Crippen LogP contribution >= 0.6 is 0 Å². The van der Waals surface area contributed by atoms with Crippen molar-refractivity contribution in [3.63, 3.8) is 0 Å². The van der Waals surface area contributed by atoms with E-state index in [4.69, 9.17) is 5.41 Å². The lowest BCUT2D eigenvalue weighted by atomic mass is 9.79. The number of hydrogen-bond donors (Lipinski definition) is 1. The maximum atomic E-state index is 12.5. The minimum Gasteiger partial charge on any atom is -0.306 e. The first kappa shape index (κ1) is 11.9. The standard InChI is InChI=1S/C16H16N2O/c1-10(2)13-14(17)16(3)12-7-5-4-6-11(12)8-9-18(16)15(13)19/h4-9,13,17H,1H2,2-3H3. The van der Waals surface area contributed by atoms with E-state index in [-0.39, 0.29) is 5.91 Å². The van der Waals surface area contributed by atoms with Crippen LogP contribution in [0.3, 0.4) is 0 Å². The third-order valence-corrected chi connectivity index (χ3v) is 4.16. The average Bonchev–Trinajstić information content (AvgIpc) is 2.58. The van der Waals surface area contributed by atoms with E-state index < -0.39 is 11.5 Å². The number of benzene rings is 1. The van der Waals surface area contributed by atoms with Crippen LogP contribution in [0.4, 0.5) is 0 Å². The van der Waals surface area contributed by atoms with Gasteiger partial charge in [0.2, 0.25) is 5.91 Å². The van der Waals surface area contributed by atoms with Crippen LogP contribution in [0.25, 0.3) is 6.08 Å². The van der Waals surface area contributed by atoms with E-state index in [1.54, 1.807) is 11.1 Å². The fraction of sp³-hybridized carbons (Fsp3) is 0.250. The number of carbonyl (C=O) groups is 1. The van der Waals surface area contributed by atoms with Gasteiger partial charge in [-0.15, -0.1) is 0 Å². The number of amides is 1. The molecule has 1 fully saturated rings. The second-order valence-corrected chi connectivity index (χ2v) is 5.38. The summed E-state index contributed by atoms with van der Waals surface area (Å²) >= 11 is 0. The summed E-state index contributed by atoms with van der Waals surface area (Å²) in [4.78, 5) is 14.2. The van der Waals surface area contributed by atoms with Crippen LogP contribution < -0.4 is 0 Å². The van der Waals surface area contributed by atoms with Crippen molar-refractivity contribution in [2.45, 2.75) is 19.4 Å². The van der Waals surface area contributed by atoms with Crippen molar-refractivity contribution in [1.82, 2.24) is 4.90 Å². The Hall–Kier alpha value is -2.16. The molecule has 0 aliphatic carbocycles. The Morgan fingerprint density at radius 1 is 1.42 bits per heavy atom. The van der Waals surface area contributed by atoms with Gasteiger partial charge in [0.15, 0.2) is 0 Å². The quantitative estimate of drug-likeness (QED) is 0.767. The molecule has 1 N–H and O–H groups in total. The summed E-state index contributed by atoms with van der Waals surface area (Å²) in [5.74, 6) is -0.549. The third kappa shape index (κ3) is 1.33. The number of hydrogen-bond acceptors (Lipinski definition) is 2. The van der Waals surface area contributed by atoms with Crippen molar-refractivity contribution < 1.29 is 4.79 Å². The maximum Gasteiger partial charge on any atom is 0.240 e. The van der Waals surface area contributed by atoms with Crippen LogP contribution in [-0.2, 0) is 10.3 Å². The summed E-state index contributed by atoms with van der Waals surface area (Å²) in [6.07, 6.45) is 3.73. The first-order valence-corrected chi connectivity index (χ1v) is 6.33. The van der Waals surface area contributed by atoms with Crippen molar-refractivity contribution in [3.05, 3.63) is 53.7 Å². The van der Waals surface area contributed by atoms with Crippen LogP contribution in [0.1, 0.15) is 25.0 Å². The molecule has 1 aromatic rings. The first-order valence-electron chi connectivity index (χ1n) is 6.33. The van der Waals surface area contributed by atoms with Gasteiger partial charge in [0.05, 0.1) is 11.6 Å². The normalized spacial score (nSPS) is 28.3. The fourth-order valence-electron chi connectivity index (χ4n) is 3.09. The lowest BCUT2D eigenvalue weighted by molar-refractivity contribution is -0.130. The number of rotatable bonds is 1. The van der Waals surface area contributed by atoms with Gasteiger partial charge >= 0.3 is 0 Å². The van der Waals surface area contributed by atoms with Gasteiger partial charge in [-0.05, 0) is 31.1 Å². The van der Waals surface area contributed by atoms with Gasteiger partial charge in [0, 0.05) is 6.20 Å². The fourth-order valence-corrected chi connectivity index (χ4v) is 3.09. The molecule has 1 amide bonds. The summed E-state index contributed by atoms with van der Waals surface area (Å²) in [6, 6.07) is 7.93. The molecule has 0 bridgehead atoms. The highest BCUT2D eigenvalue weighted by Gasteiger charge is 2.54. The molecule has 96 valence electrons. The Labute approximate surface area is 112 Å². The largest absolute Gasteiger partial charge is 0.306 e. The van der Waals surface area contributed by atoms with Crippen molar-refractivity contribution in [1.29, 1.82) is 5.41 Å². The smallest absolute Gasteiger partial charge is 0.240 e. The molecule has 3 nitrogen and oxygen atoms in total. The van der Waals surface area contributed by atoms with Crippen molar-refractivity contribution in [2.24, 2.45) is 5.92 Å². The van der Waals surface area contributed by atoms with E-state index in [1.807, 2.05) is 44.2 Å². The Bertz CT molecular complexity index is 644. The molecule has 3 rings (SSSR count). The molecule has 1 saturated heterocycles. The zero-order chi connectivity index (χ0) is 13.8. The molecular formula is C16H16N2O. The average molecular weight is 252 g/mol. The van der Waals surface area contributed by atoms with Crippen LogP contribution in [0.2, 0.25) is 0 Å². The topological polar surface area (TPSA) is 44.2 Å². The van der Waals surface area contributed by atoms with E-state index >= 15 is 0 Å². The van der Waals surface area contributed by atoms with Gasteiger partial charge in [0.25, 0.3) is 0 Å². The molecule has 3 heteroatoms. The summed E-state index contributed by atoms with van der Waals surface area (Å²) in [5, 5.41) is 8.46. The van der Waals surface area contributed by atoms with Crippen LogP contribution in [0.15, 0.2) is 42.6 Å². The molecule has 2 atom stereocenters. The Morgan fingerprint density at radius 3 is 2.79 bits per heavy atom. The van der Waals surface area contributed by atoms with E-state index in [9.17, 15) is 4.79 Å². The minimum absolute atomic E-state index is 0.0502. The van der Waals surface area contributed by atoms with Gasteiger partial charge in [-0.25, -0.2) is 0 Å². The Morgan fingerprint density at radius 2 is 2.11 bits per heavy atom. The molecule has 19 heavy (non-hydrogen) atoms. The van der Waals surface area contributed by atoms with E-state index in [1.165, 1.54) is 0 Å². The molecule has 2 heterocycles.